The molecule has 3 N–H and O–H groups in total. The molecule has 2 aromatic rings. The van der Waals surface area contributed by atoms with Gasteiger partial charge in [-0.2, -0.15) is 0 Å². The van der Waals surface area contributed by atoms with Gasteiger partial charge in [0.2, 0.25) is 0 Å². The van der Waals surface area contributed by atoms with E-state index in [0.29, 0.717) is 11.3 Å². The van der Waals surface area contributed by atoms with Gasteiger partial charge in [0.1, 0.15) is 11.3 Å². The van der Waals surface area contributed by atoms with Gasteiger partial charge in [0.25, 0.3) is 5.91 Å². The fourth-order valence-electron chi connectivity index (χ4n) is 2.74. The van der Waals surface area contributed by atoms with E-state index in [1.165, 1.54) is 11.8 Å². The molecule has 1 heterocycles. The Hall–Kier alpha value is -2.30. The Balaban J connectivity index is 1.83. The zero-order chi connectivity index (χ0) is 14.1. The predicted octanol–water partition coefficient (Wildman–Crippen LogP) is 2.37. The van der Waals surface area contributed by atoms with E-state index in [9.17, 15) is 4.79 Å². The van der Waals surface area contributed by atoms with Crippen molar-refractivity contribution < 1.29 is 9.32 Å². The van der Waals surface area contributed by atoms with Crippen LogP contribution in [0.25, 0.3) is 0 Å². The van der Waals surface area contributed by atoms with Crippen molar-refractivity contribution in [2.24, 2.45) is 0 Å². The molecule has 5 nitrogen and oxygen atoms in total. The van der Waals surface area contributed by atoms with Crippen LogP contribution < -0.4 is 11.1 Å². The third-order valence-corrected chi connectivity index (χ3v) is 3.78. The molecule has 0 spiro atoms. The van der Waals surface area contributed by atoms with Crippen LogP contribution in [0.3, 0.4) is 0 Å². The highest BCUT2D eigenvalue weighted by atomic mass is 16.5. The number of nitrogens with two attached hydrogens (primary N) is 1. The highest BCUT2D eigenvalue weighted by molar-refractivity contribution is 5.95. The first-order chi connectivity index (χ1) is 9.65. The van der Waals surface area contributed by atoms with E-state index in [1.54, 1.807) is 6.92 Å². The lowest BCUT2D eigenvalue weighted by Crippen LogP contribution is -2.31. The molecule has 0 radical (unpaired) electrons. The quantitative estimate of drug-likeness (QED) is 0.822. The molecule has 20 heavy (non-hydrogen) atoms. The number of rotatable bonds is 2. The number of anilines is 1. The SMILES string of the molecule is Cc1oncc1C(=O)NC1CCCc2cc(N)ccc21. The minimum absolute atomic E-state index is 0.0288. The van der Waals surface area contributed by atoms with Crippen LogP contribution in [0.5, 0.6) is 0 Å². The van der Waals surface area contributed by atoms with E-state index in [0.717, 1.165) is 30.5 Å². The van der Waals surface area contributed by atoms with Crippen molar-refractivity contribution in [2.75, 3.05) is 5.73 Å². The topological polar surface area (TPSA) is 81.2 Å². The lowest BCUT2D eigenvalue weighted by atomic mass is 9.87. The van der Waals surface area contributed by atoms with Gasteiger partial charge >= 0.3 is 0 Å². The molecule has 0 saturated carbocycles. The van der Waals surface area contributed by atoms with Crippen molar-refractivity contribution in [3.05, 3.63) is 46.8 Å². The number of fused-ring (bicyclic) bond motifs is 1. The van der Waals surface area contributed by atoms with Crippen LogP contribution in [0, 0.1) is 6.92 Å². The van der Waals surface area contributed by atoms with Crippen LogP contribution in [0.1, 0.15) is 46.1 Å². The molecule has 1 aliphatic carbocycles. The zero-order valence-electron chi connectivity index (χ0n) is 11.3. The monoisotopic (exact) mass is 271 g/mol. The Bertz CT molecular complexity index is 648. The molecule has 0 saturated heterocycles. The lowest BCUT2D eigenvalue weighted by molar-refractivity contribution is 0.0931. The Labute approximate surface area is 117 Å². The molecule has 0 fully saturated rings. The van der Waals surface area contributed by atoms with E-state index in [2.05, 4.69) is 10.5 Å². The van der Waals surface area contributed by atoms with Crippen LogP contribution in [-0.4, -0.2) is 11.1 Å². The summed E-state index contributed by atoms with van der Waals surface area (Å²) in [7, 11) is 0. The van der Waals surface area contributed by atoms with Crippen LogP contribution in [0.15, 0.2) is 28.9 Å². The summed E-state index contributed by atoms with van der Waals surface area (Å²) in [6.07, 6.45) is 4.45. The zero-order valence-corrected chi connectivity index (χ0v) is 11.3. The van der Waals surface area contributed by atoms with E-state index >= 15 is 0 Å². The van der Waals surface area contributed by atoms with E-state index in [1.807, 2.05) is 18.2 Å². The Morgan fingerprint density at radius 1 is 1.50 bits per heavy atom. The number of nitrogen functional groups attached to an aromatic ring is 1. The van der Waals surface area contributed by atoms with Crippen molar-refractivity contribution in [3.8, 4) is 0 Å². The van der Waals surface area contributed by atoms with Gasteiger partial charge in [0.15, 0.2) is 0 Å². The first kappa shape index (κ1) is 12.7. The summed E-state index contributed by atoms with van der Waals surface area (Å²) < 4.78 is 4.93. The smallest absolute Gasteiger partial charge is 0.256 e. The minimum Gasteiger partial charge on any atom is -0.399 e. The molecule has 1 amide bonds. The predicted molar refractivity (Wildman–Crippen MR) is 75.2 cm³/mol. The van der Waals surface area contributed by atoms with E-state index in [-0.39, 0.29) is 11.9 Å². The number of carbonyl (C=O) groups is 1. The number of aromatic nitrogens is 1. The molecule has 1 unspecified atom stereocenters. The molecule has 1 aromatic carbocycles. The second kappa shape index (κ2) is 5.00. The van der Waals surface area contributed by atoms with Crippen molar-refractivity contribution in [1.29, 1.82) is 0 Å². The number of benzene rings is 1. The maximum Gasteiger partial charge on any atom is 0.256 e. The minimum atomic E-state index is -0.140. The third-order valence-electron chi connectivity index (χ3n) is 3.78. The number of aryl methyl sites for hydroxylation is 2. The first-order valence-corrected chi connectivity index (χ1v) is 6.75. The molecular weight excluding hydrogens is 254 g/mol. The number of carbonyl (C=O) groups excluding carboxylic acids is 1. The van der Waals surface area contributed by atoms with Crippen LogP contribution >= 0.6 is 0 Å². The van der Waals surface area contributed by atoms with Crippen molar-refractivity contribution in [1.82, 2.24) is 10.5 Å². The van der Waals surface area contributed by atoms with Crippen molar-refractivity contribution in [3.63, 3.8) is 0 Å². The van der Waals surface area contributed by atoms with Crippen LogP contribution in [-0.2, 0) is 6.42 Å². The first-order valence-electron chi connectivity index (χ1n) is 6.75. The Morgan fingerprint density at radius 2 is 2.35 bits per heavy atom. The summed E-state index contributed by atoms with van der Waals surface area (Å²) >= 11 is 0. The Kier molecular flexibility index (Phi) is 3.18. The summed E-state index contributed by atoms with van der Waals surface area (Å²) in [6.45, 7) is 1.73. The fourth-order valence-corrected chi connectivity index (χ4v) is 2.74. The lowest BCUT2D eigenvalue weighted by Gasteiger charge is -2.26. The largest absolute Gasteiger partial charge is 0.399 e. The van der Waals surface area contributed by atoms with Gasteiger partial charge < -0.3 is 15.6 Å². The Morgan fingerprint density at radius 3 is 3.10 bits per heavy atom. The second-order valence-electron chi connectivity index (χ2n) is 5.17. The average molecular weight is 271 g/mol. The molecule has 1 aromatic heterocycles. The molecule has 0 bridgehead atoms. The van der Waals surface area contributed by atoms with Gasteiger partial charge in [-0.15, -0.1) is 0 Å². The van der Waals surface area contributed by atoms with Gasteiger partial charge in [0, 0.05) is 5.69 Å². The number of hydrogen-bond acceptors (Lipinski definition) is 4. The number of nitrogens with one attached hydrogen (secondary N) is 1. The summed E-state index contributed by atoms with van der Waals surface area (Å²) in [5, 5.41) is 6.70. The number of nitrogens with zero attached hydrogens (tertiary/aromatic N) is 1. The highest BCUT2D eigenvalue weighted by Gasteiger charge is 2.23. The molecule has 1 atom stereocenters. The fraction of sp³-hybridized carbons (Fsp3) is 0.333. The van der Waals surface area contributed by atoms with Gasteiger partial charge in [-0.05, 0) is 49.4 Å². The average Bonchev–Trinajstić information content (AvgIpc) is 2.85. The second-order valence-corrected chi connectivity index (χ2v) is 5.17. The molecule has 0 aliphatic heterocycles. The van der Waals surface area contributed by atoms with Crippen molar-refractivity contribution >= 4 is 11.6 Å². The normalized spacial score (nSPS) is 17.6. The number of amides is 1. The van der Waals surface area contributed by atoms with Gasteiger partial charge in [-0.1, -0.05) is 11.2 Å². The highest BCUT2D eigenvalue weighted by Crippen LogP contribution is 2.31. The molecular formula is C15H17N3O2. The van der Waals surface area contributed by atoms with E-state index < -0.39 is 0 Å². The summed E-state index contributed by atoms with van der Waals surface area (Å²) in [6, 6.07) is 5.92. The maximum atomic E-state index is 12.2. The van der Waals surface area contributed by atoms with Gasteiger partial charge in [0.05, 0.1) is 12.2 Å². The summed E-state index contributed by atoms with van der Waals surface area (Å²) in [5.74, 6) is 0.397. The van der Waals surface area contributed by atoms with Crippen LogP contribution in [0.2, 0.25) is 0 Å². The standard InChI is InChI=1S/C15H17N3O2/c1-9-13(8-17-20-9)15(19)18-14-4-2-3-10-7-11(16)5-6-12(10)14/h5-8,14H,2-4,16H2,1H3,(H,18,19). The summed E-state index contributed by atoms with van der Waals surface area (Å²) in [4.78, 5) is 12.2. The number of hydrogen-bond donors (Lipinski definition) is 2. The molecule has 3 rings (SSSR count). The maximum absolute atomic E-state index is 12.2. The van der Waals surface area contributed by atoms with E-state index in [4.69, 9.17) is 10.3 Å². The van der Waals surface area contributed by atoms with Crippen molar-refractivity contribution in [2.45, 2.75) is 32.2 Å². The third kappa shape index (κ3) is 2.27. The van der Waals surface area contributed by atoms with Gasteiger partial charge in [-0.25, -0.2) is 0 Å². The molecule has 104 valence electrons. The van der Waals surface area contributed by atoms with Gasteiger partial charge in [-0.3, -0.25) is 4.79 Å². The summed E-state index contributed by atoms with van der Waals surface area (Å²) in [5.41, 5.74) is 9.47. The molecule has 5 heteroatoms. The molecule has 1 aliphatic rings. The van der Waals surface area contributed by atoms with Crippen LogP contribution in [0.4, 0.5) is 5.69 Å².